The standard InChI is InChI=1S/C27H26ClN3O8.C22H22ClNO6.C5H6N2O3.CH4/c1-15-23(39-27(36)38-15)14-37-26(35)22(32)12-20(29-25(34)21-13-24(33)31(2)30-21)10-16-6-8-17(9-7-16)18-4-3-5-19(28)11-18;1-13-20(30-22(27)29-13)12-28-21(26)19(25)11-18(24)9-14-5-7-15(8-6-14)16-3-2-4-17(23)10-16;1-7-4(8)2-3(6-7)5(9)10;/h3-9,11,13,20,22,30,32H,10,12,14H2,1-2H3,(H,29,34);2-8,10,18-19,25H,9,11-12,24H2,1H3;2,6H,1H3,(H,9,10);1H4/t20-,22-;18-,19-;;/m11../s1. The molecule has 0 saturated carbocycles. The molecule has 0 spiro atoms. The minimum absolute atomic E-state index is 0. The van der Waals surface area contributed by atoms with Crippen molar-refractivity contribution in [2.24, 2.45) is 19.8 Å². The highest BCUT2D eigenvalue weighted by Gasteiger charge is 2.26. The molecule has 4 aromatic carbocycles. The summed E-state index contributed by atoms with van der Waals surface area (Å²) in [5.74, 6) is -4.81. The summed E-state index contributed by atoms with van der Waals surface area (Å²) in [4.78, 5) is 92.0. The Morgan fingerprint density at radius 3 is 1.41 bits per heavy atom. The van der Waals surface area contributed by atoms with Crippen molar-refractivity contribution >= 4 is 47.0 Å². The van der Waals surface area contributed by atoms with Crippen LogP contribution >= 0.6 is 23.2 Å². The van der Waals surface area contributed by atoms with Crippen molar-refractivity contribution in [3.63, 3.8) is 0 Å². The van der Waals surface area contributed by atoms with Gasteiger partial charge in [-0.3, -0.25) is 33.9 Å². The van der Waals surface area contributed by atoms with Crippen LogP contribution < -0.4 is 33.8 Å². The van der Waals surface area contributed by atoms with E-state index in [4.69, 9.17) is 56.8 Å². The van der Waals surface area contributed by atoms with E-state index in [0.717, 1.165) is 54.9 Å². The summed E-state index contributed by atoms with van der Waals surface area (Å²) in [6.45, 7) is 2.29. The van der Waals surface area contributed by atoms with Gasteiger partial charge < -0.3 is 53.5 Å². The molecule has 0 bridgehead atoms. The number of benzene rings is 4. The fraction of sp³-hybridized carbons (Fsp3) is 0.273. The van der Waals surface area contributed by atoms with Crippen LogP contribution in [0.5, 0.6) is 0 Å². The molecule has 23 nitrogen and oxygen atoms in total. The van der Waals surface area contributed by atoms with Crippen LogP contribution in [0.15, 0.2) is 146 Å². The third-order valence-corrected chi connectivity index (χ3v) is 12.2. The molecule has 80 heavy (non-hydrogen) atoms. The zero-order valence-electron chi connectivity index (χ0n) is 42.7. The van der Waals surface area contributed by atoms with Crippen LogP contribution in [0, 0.1) is 13.8 Å². The number of nitrogens with two attached hydrogens (primary N) is 1. The van der Waals surface area contributed by atoms with Crippen molar-refractivity contribution in [1.29, 1.82) is 0 Å². The maximum Gasteiger partial charge on any atom is 0.519 e. The first-order chi connectivity index (χ1) is 37.5. The summed E-state index contributed by atoms with van der Waals surface area (Å²) >= 11 is 12.1. The van der Waals surface area contributed by atoms with E-state index >= 15 is 0 Å². The molecule has 0 fully saturated rings. The quantitative estimate of drug-likeness (QED) is 0.0457. The van der Waals surface area contributed by atoms with Crippen molar-refractivity contribution in [3.8, 4) is 22.3 Å². The van der Waals surface area contributed by atoms with Gasteiger partial charge in [0, 0.05) is 54.8 Å². The van der Waals surface area contributed by atoms with Crippen LogP contribution in [0.4, 0.5) is 0 Å². The van der Waals surface area contributed by atoms with Gasteiger partial charge in [-0.25, -0.2) is 24.0 Å². The Bertz CT molecular complexity index is 3620. The highest BCUT2D eigenvalue weighted by atomic mass is 35.5. The molecule has 0 aliphatic rings. The average Bonchev–Trinajstić information content (AvgIpc) is 4.14. The lowest BCUT2D eigenvalue weighted by molar-refractivity contribution is -0.156. The molecule has 4 aromatic heterocycles. The van der Waals surface area contributed by atoms with E-state index in [1.54, 1.807) is 6.07 Å². The molecule has 8 aromatic rings. The number of aromatic amines is 2. The van der Waals surface area contributed by atoms with E-state index < -0.39 is 71.9 Å². The summed E-state index contributed by atoms with van der Waals surface area (Å²) in [5, 5.41) is 38.0. The molecule has 0 unspecified atom stereocenters. The fourth-order valence-corrected chi connectivity index (χ4v) is 7.94. The number of aryl methyl sites for hydroxylation is 4. The monoisotopic (exact) mass is 1140 g/mol. The third-order valence-electron chi connectivity index (χ3n) is 11.7. The summed E-state index contributed by atoms with van der Waals surface area (Å²) in [6.07, 6.45) is -2.40. The Balaban J connectivity index is 0.000000253. The molecule has 0 saturated heterocycles. The molecule has 0 aliphatic heterocycles. The van der Waals surface area contributed by atoms with Gasteiger partial charge in [-0.05, 0) is 90.8 Å². The first-order valence-electron chi connectivity index (χ1n) is 23.9. The molecule has 8 rings (SSSR count). The van der Waals surface area contributed by atoms with E-state index in [1.807, 2.05) is 91.0 Å². The lowest BCUT2D eigenvalue weighted by atomic mass is 9.97. The number of nitrogens with zero attached hydrogens (tertiary/aromatic N) is 2. The fourth-order valence-electron chi connectivity index (χ4n) is 7.56. The Kier molecular flexibility index (Phi) is 22.3. The number of aliphatic hydroxyl groups is 2. The molecule has 424 valence electrons. The molecule has 25 heteroatoms. The zero-order valence-corrected chi connectivity index (χ0v) is 44.2. The highest BCUT2D eigenvalue weighted by molar-refractivity contribution is 6.31. The second kappa shape index (κ2) is 28.8. The van der Waals surface area contributed by atoms with Crippen LogP contribution in [0.1, 0.15) is 75.4 Å². The van der Waals surface area contributed by atoms with Crippen molar-refractivity contribution in [1.82, 2.24) is 24.9 Å². The predicted molar refractivity (Wildman–Crippen MR) is 291 cm³/mol. The molecular weight excluding hydrogens is 1090 g/mol. The zero-order chi connectivity index (χ0) is 57.5. The van der Waals surface area contributed by atoms with Crippen molar-refractivity contribution < 1.29 is 61.6 Å². The second-order valence-corrected chi connectivity index (χ2v) is 18.7. The lowest BCUT2D eigenvalue weighted by Gasteiger charge is -2.21. The van der Waals surface area contributed by atoms with Gasteiger partial charge in [0.2, 0.25) is 0 Å². The first kappa shape index (κ1) is 62.1. The molecule has 0 aliphatic carbocycles. The first-order valence-corrected chi connectivity index (χ1v) is 24.7. The smallest absolute Gasteiger partial charge is 0.477 e. The highest BCUT2D eigenvalue weighted by Crippen LogP contribution is 2.25. The number of hydrogen-bond donors (Lipinski definition) is 7. The van der Waals surface area contributed by atoms with Crippen LogP contribution in [0.3, 0.4) is 0 Å². The number of amides is 1. The Hall–Kier alpha value is -8.74. The third kappa shape index (κ3) is 18.2. The van der Waals surface area contributed by atoms with E-state index in [9.17, 15) is 48.6 Å². The number of aromatic carboxylic acids is 1. The number of hydrogen-bond acceptors (Lipinski definition) is 17. The van der Waals surface area contributed by atoms with Gasteiger partial charge in [-0.15, -0.1) is 0 Å². The van der Waals surface area contributed by atoms with Crippen molar-refractivity contribution in [3.05, 3.63) is 207 Å². The predicted octanol–water partition coefficient (Wildman–Crippen LogP) is 6.00. The average molecular weight is 1150 g/mol. The van der Waals surface area contributed by atoms with Gasteiger partial charge in [-0.1, -0.05) is 103 Å². The number of carbonyl (C=O) groups is 4. The number of H-pyrrole nitrogens is 2. The number of carboxylic acids is 1. The van der Waals surface area contributed by atoms with Gasteiger partial charge in [0.15, 0.2) is 48.5 Å². The van der Waals surface area contributed by atoms with Gasteiger partial charge in [0.25, 0.3) is 17.0 Å². The minimum Gasteiger partial charge on any atom is -0.477 e. The molecule has 4 atom stereocenters. The number of carboxylic acid groups (broad SMARTS) is 1. The Morgan fingerprint density at radius 1 is 0.613 bits per heavy atom. The maximum atomic E-state index is 12.8. The van der Waals surface area contributed by atoms with Crippen LogP contribution in [0.25, 0.3) is 22.3 Å². The summed E-state index contributed by atoms with van der Waals surface area (Å²) in [6, 6.07) is 31.4. The Labute approximate surface area is 465 Å². The van der Waals surface area contributed by atoms with Crippen molar-refractivity contribution in [2.75, 3.05) is 0 Å². The number of carbonyl (C=O) groups excluding carboxylic acids is 3. The number of halogens is 2. The topological polar surface area (TPSA) is 348 Å². The van der Waals surface area contributed by atoms with Crippen LogP contribution in [-0.2, 0) is 59.2 Å². The second-order valence-electron chi connectivity index (χ2n) is 17.8. The van der Waals surface area contributed by atoms with E-state index in [2.05, 4.69) is 19.9 Å². The van der Waals surface area contributed by atoms with E-state index in [0.29, 0.717) is 16.5 Å². The van der Waals surface area contributed by atoms with Gasteiger partial charge in [0.1, 0.15) is 11.4 Å². The molecular formula is C55H58Cl2N6O17. The van der Waals surface area contributed by atoms with Gasteiger partial charge >= 0.3 is 29.6 Å². The minimum atomic E-state index is -1.60. The lowest BCUT2D eigenvalue weighted by Crippen LogP contribution is -2.41. The van der Waals surface area contributed by atoms with E-state index in [1.165, 1.54) is 27.9 Å². The van der Waals surface area contributed by atoms with Crippen LogP contribution in [0.2, 0.25) is 10.0 Å². The number of ether oxygens (including phenoxy) is 2. The van der Waals surface area contributed by atoms with Crippen LogP contribution in [-0.4, -0.2) is 83.0 Å². The summed E-state index contributed by atoms with van der Waals surface area (Å²) in [5.41, 5.74) is 11.0. The SMILES string of the molecule is C.Cc1oc(=O)oc1COC(=O)[C@H](O)C[C@@H](Cc1ccc(-c2cccc(Cl)c2)cc1)NC(=O)c1cc(=O)n(C)[nH]1.Cc1oc(=O)oc1COC(=O)[C@H](O)C[C@H](N)Cc1ccc(-c2cccc(Cl)c2)cc1.Cn1[nH]c(C(=O)O)cc1=O. The Morgan fingerprint density at radius 2 is 1.04 bits per heavy atom. The number of rotatable bonds is 19. The molecule has 4 heterocycles. The summed E-state index contributed by atoms with van der Waals surface area (Å²) in [7, 11) is 2.93. The number of nitrogens with one attached hydrogen (secondary N) is 3. The molecule has 1 amide bonds. The number of aromatic nitrogens is 4. The van der Waals surface area contributed by atoms with E-state index in [-0.39, 0.29) is 73.3 Å². The van der Waals surface area contributed by atoms with Crippen molar-refractivity contribution in [2.45, 2.75) is 84.5 Å². The van der Waals surface area contributed by atoms with Gasteiger partial charge in [0.05, 0.1) is 0 Å². The number of aliphatic hydroxyl groups excluding tert-OH is 2. The summed E-state index contributed by atoms with van der Waals surface area (Å²) < 4.78 is 31.2. The molecule has 0 radical (unpaired) electrons. The normalized spacial score (nSPS) is 12.3. The largest absolute Gasteiger partial charge is 0.519 e. The number of esters is 2. The maximum absolute atomic E-state index is 12.8. The van der Waals surface area contributed by atoms with Gasteiger partial charge in [-0.2, -0.15) is 0 Å². The molecule has 8 N–H and O–H groups in total.